The smallest absolute Gasteiger partial charge is 0.255 e. The van der Waals surface area contributed by atoms with Gasteiger partial charge in [-0.25, -0.2) is 0 Å². The number of hydrogen-bond acceptors (Lipinski definition) is 4. The number of fused-ring (bicyclic) bond motifs is 1. The Hall–Kier alpha value is -3.09. The number of benzene rings is 3. The maximum atomic E-state index is 13.3. The van der Waals surface area contributed by atoms with Gasteiger partial charge in [0.15, 0.2) is 0 Å². The summed E-state index contributed by atoms with van der Waals surface area (Å²) in [4.78, 5) is 30.5. The molecule has 1 N–H and O–H groups in total. The Balaban J connectivity index is 1.47. The Kier molecular flexibility index (Phi) is 7.24. The number of amides is 2. The minimum Gasteiger partial charge on any atom is -0.395 e. The van der Waals surface area contributed by atoms with Crippen molar-refractivity contribution in [2.75, 3.05) is 30.3 Å². The number of thioether (sulfide) groups is 1. The second-order valence-corrected chi connectivity index (χ2v) is 8.66. The number of carbonyl (C=O) groups is 2. The topological polar surface area (TPSA) is 60.9 Å². The third kappa shape index (κ3) is 5.03. The molecule has 0 radical (unpaired) electrons. The Morgan fingerprint density at radius 3 is 2.47 bits per heavy atom. The SMILES string of the molecule is O=C(c1ccccc1SCC(=O)N1CCc2ccccc21)N(CCO)Cc1ccccc1. The molecular formula is C26H26N2O3S. The number of anilines is 1. The molecule has 3 aromatic rings. The first kappa shape index (κ1) is 22.1. The van der Waals surface area contributed by atoms with E-state index in [0.717, 1.165) is 22.6 Å². The van der Waals surface area contributed by atoms with E-state index in [4.69, 9.17) is 0 Å². The standard InChI is InChI=1S/C26H26N2O3S/c29-17-16-27(18-20-8-2-1-3-9-20)26(31)22-11-5-7-13-24(22)32-19-25(30)28-15-14-21-10-4-6-12-23(21)28/h1-13,29H,14-19H2. The lowest BCUT2D eigenvalue weighted by atomic mass is 10.1. The van der Waals surface area contributed by atoms with Gasteiger partial charge in [0.25, 0.3) is 5.91 Å². The summed E-state index contributed by atoms with van der Waals surface area (Å²) in [6, 6.07) is 25.1. The van der Waals surface area contributed by atoms with Crippen molar-refractivity contribution >= 4 is 29.3 Å². The summed E-state index contributed by atoms with van der Waals surface area (Å²) >= 11 is 1.39. The fourth-order valence-electron chi connectivity index (χ4n) is 3.93. The Bertz CT molecular complexity index is 1090. The highest BCUT2D eigenvalue weighted by Gasteiger charge is 2.25. The van der Waals surface area contributed by atoms with Gasteiger partial charge in [-0.2, -0.15) is 0 Å². The van der Waals surface area contributed by atoms with Crippen LogP contribution in [0.3, 0.4) is 0 Å². The predicted octanol–water partition coefficient (Wildman–Crippen LogP) is 4.00. The van der Waals surface area contributed by atoms with E-state index in [2.05, 4.69) is 6.07 Å². The van der Waals surface area contributed by atoms with Crippen LogP contribution in [-0.2, 0) is 17.8 Å². The van der Waals surface area contributed by atoms with Gasteiger partial charge in [0.1, 0.15) is 0 Å². The lowest BCUT2D eigenvalue weighted by Crippen LogP contribution is -2.33. The number of nitrogens with zero attached hydrogens (tertiary/aromatic N) is 2. The van der Waals surface area contributed by atoms with Crippen molar-refractivity contribution in [3.63, 3.8) is 0 Å². The number of aliphatic hydroxyl groups excluding tert-OH is 1. The summed E-state index contributed by atoms with van der Waals surface area (Å²) in [5.41, 5.74) is 3.74. The van der Waals surface area contributed by atoms with Crippen LogP contribution in [0.1, 0.15) is 21.5 Å². The van der Waals surface area contributed by atoms with Gasteiger partial charge >= 0.3 is 0 Å². The van der Waals surface area contributed by atoms with Crippen LogP contribution < -0.4 is 4.90 Å². The van der Waals surface area contributed by atoms with Crippen molar-refractivity contribution in [2.24, 2.45) is 0 Å². The third-order valence-corrected chi connectivity index (χ3v) is 6.59. The van der Waals surface area contributed by atoms with Gasteiger partial charge in [0.05, 0.1) is 17.9 Å². The minimum absolute atomic E-state index is 0.0405. The van der Waals surface area contributed by atoms with E-state index in [1.54, 1.807) is 11.0 Å². The van der Waals surface area contributed by atoms with E-state index in [-0.39, 0.29) is 30.7 Å². The third-order valence-electron chi connectivity index (χ3n) is 5.53. The van der Waals surface area contributed by atoms with Gasteiger partial charge < -0.3 is 14.9 Å². The first-order valence-corrected chi connectivity index (χ1v) is 11.7. The molecular weight excluding hydrogens is 420 g/mol. The van der Waals surface area contributed by atoms with Gasteiger partial charge in [-0.3, -0.25) is 9.59 Å². The van der Waals surface area contributed by atoms with Crippen molar-refractivity contribution in [3.8, 4) is 0 Å². The molecule has 0 bridgehead atoms. The maximum Gasteiger partial charge on any atom is 0.255 e. The molecule has 0 atom stereocenters. The van der Waals surface area contributed by atoms with E-state index in [0.29, 0.717) is 18.7 Å². The average molecular weight is 447 g/mol. The fourth-order valence-corrected chi connectivity index (χ4v) is 4.85. The largest absolute Gasteiger partial charge is 0.395 e. The molecule has 4 rings (SSSR count). The number of para-hydroxylation sites is 1. The van der Waals surface area contributed by atoms with Crippen molar-refractivity contribution in [1.82, 2.24) is 4.90 Å². The van der Waals surface area contributed by atoms with Crippen LogP contribution in [0.5, 0.6) is 0 Å². The number of rotatable bonds is 8. The summed E-state index contributed by atoms with van der Waals surface area (Å²) in [6.45, 7) is 1.25. The quantitative estimate of drug-likeness (QED) is 0.532. The Morgan fingerprint density at radius 2 is 1.66 bits per heavy atom. The van der Waals surface area contributed by atoms with Gasteiger partial charge in [-0.15, -0.1) is 11.8 Å². The van der Waals surface area contributed by atoms with E-state index in [1.807, 2.05) is 71.6 Å². The molecule has 32 heavy (non-hydrogen) atoms. The summed E-state index contributed by atoms with van der Waals surface area (Å²) in [5, 5.41) is 9.51. The van der Waals surface area contributed by atoms with Gasteiger partial charge in [0.2, 0.25) is 5.91 Å². The lowest BCUT2D eigenvalue weighted by Gasteiger charge is -2.23. The highest BCUT2D eigenvalue weighted by atomic mass is 32.2. The zero-order valence-corrected chi connectivity index (χ0v) is 18.6. The van der Waals surface area contributed by atoms with Crippen molar-refractivity contribution in [2.45, 2.75) is 17.9 Å². The molecule has 0 saturated carbocycles. The van der Waals surface area contributed by atoms with Gasteiger partial charge in [-0.05, 0) is 35.7 Å². The van der Waals surface area contributed by atoms with Crippen LogP contribution in [-0.4, -0.2) is 47.3 Å². The Morgan fingerprint density at radius 1 is 0.938 bits per heavy atom. The first-order chi connectivity index (χ1) is 15.7. The molecule has 6 heteroatoms. The van der Waals surface area contributed by atoms with Crippen molar-refractivity contribution in [3.05, 3.63) is 95.6 Å². The van der Waals surface area contributed by atoms with Gasteiger partial charge in [0, 0.05) is 30.2 Å². The molecule has 164 valence electrons. The van der Waals surface area contributed by atoms with E-state index in [9.17, 15) is 14.7 Å². The molecule has 2 amide bonds. The lowest BCUT2D eigenvalue weighted by molar-refractivity contribution is -0.116. The Labute approximate surface area is 192 Å². The fraction of sp³-hybridized carbons (Fsp3) is 0.231. The van der Waals surface area contributed by atoms with E-state index < -0.39 is 0 Å². The van der Waals surface area contributed by atoms with E-state index >= 15 is 0 Å². The normalized spacial score (nSPS) is 12.5. The van der Waals surface area contributed by atoms with Crippen LogP contribution >= 0.6 is 11.8 Å². The molecule has 1 heterocycles. The highest BCUT2D eigenvalue weighted by molar-refractivity contribution is 8.00. The van der Waals surface area contributed by atoms with Crippen molar-refractivity contribution in [1.29, 1.82) is 0 Å². The predicted molar refractivity (Wildman–Crippen MR) is 128 cm³/mol. The van der Waals surface area contributed by atoms with E-state index in [1.165, 1.54) is 17.3 Å². The first-order valence-electron chi connectivity index (χ1n) is 10.7. The minimum atomic E-state index is -0.148. The molecule has 0 aromatic heterocycles. The molecule has 1 aliphatic heterocycles. The molecule has 5 nitrogen and oxygen atoms in total. The van der Waals surface area contributed by atoms with Crippen LogP contribution in [0, 0.1) is 0 Å². The number of aliphatic hydroxyl groups is 1. The second kappa shape index (κ2) is 10.5. The summed E-state index contributed by atoms with van der Waals surface area (Å²) in [7, 11) is 0. The molecule has 0 aliphatic carbocycles. The zero-order valence-electron chi connectivity index (χ0n) is 17.8. The maximum absolute atomic E-state index is 13.3. The van der Waals surface area contributed by atoms with Crippen LogP contribution in [0.4, 0.5) is 5.69 Å². The number of carbonyl (C=O) groups excluding carboxylic acids is 2. The molecule has 0 fully saturated rings. The monoisotopic (exact) mass is 446 g/mol. The summed E-state index contributed by atoms with van der Waals surface area (Å²) in [6.07, 6.45) is 0.872. The van der Waals surface area contributed by atoms with Crippen LogP contribution in [0.25, 0.3) is 0 Å². The van der Waals surface area contributed by atoms with Crippen LogP contribution in [0.2, 0.25) is 0 Å². The number of hydrogen-bond donors (Lipinski definition) is 1. The highest BCUT2D eigenvalue weighted by Crippen LogP contribution is 2.30. The molecule has 0 spiro atoms. The molecule has 0 saturated heterocycles. The van der Waals surface area contributed by atoms with Crippen LogP contribution in [0.15, 0.2) is 83.8 Å². The van der Waals surface area contributed by atoms with Crippen molar-refractivity contribution < 1.29 is 14.7 Å². The molecule has 0 unspecified atom stereocenters. The zero-order chi connectivity index (χ0) is 22.3. The second-order valence-electron chi connectivity index (χ2n) is 7.64. The summed E-state index contributed by atoms with van der Waals surface area (Å²) < 4.78 is 0. The molecule has 1 aliphatic rings. The summed E-state index contributed by atoms with van der Waals surface area (Å²) in [5.74, 6) is 0.154. The average Bonchev–Trinajstić information content (AvgIpc) is 3.27. The van der Waals surface area contributed by atoms with Gasteiger partial charge in [-0.1, -0.05) is 60.7 Å². The molecule has 3 aromatic carbocycles.